The summed E-state index contributed by atoms with van der Waals surface area (Å²) in [6.07, 6.45) is 37.9. The minimum absolute atomic E-state index is 0.0475. The van der Waals surface area contributed by atoms with Crippen LogP contribution in [0.2, 0.25) is 0 Å². The quantitative estimate of drug-likeness (QED) is 0.0194. The molecule has 0 aromatic carbocycles. The summed E-state index contributed by atoms with van der Waals surface area (Å²) in [6.45, 7) is 24.6. The van der Waals surface area contributed by atoms with Crippen LogP contribution in [-0.2, 0) is 38.4 Å². The monoisotopic (exact) mass is 1180 g/mol. The van der Waals surface area contributed by atoms with Crippen molar-refractivity contribution in [3.63, 3.8) is 0 Å². The van der Waals surface area contributed by atoms with Crippen LogP contribution in [0.3, 0.4) is 0 Å². The van der Waals surface area contributed by atoms with Crippen molar-refractivity contribution < 1.29 is 38.4 Å². The summed E-state index contributed by atoms with van der Waals surface area (Å²) >= 11 is 0. The summed E-state index contributed by atoms with van der Waals surface area (Å²) in [5, 5.41) is 14.3. The van der Waals surface area contributed by atoms with E-state index in [0.29, 0.717) is 50.0 Å². The van der Waals surface area contributed by atoms with Crippen LogP contribution < -0.4 is 32.1 Å². The topological polar surface area (TPSA) is 215 Å². The van der Waals surface area contributed by atoms with E-state index in [4.69, 9.17) is 0 Å². The number of piperidine rings is 2. The Kier molecular flexibility index (Phi) is 30.9. The van der Waals surface area contributed by atoms with Gasteiger partial charge in [0.1, 0.15) is 0 Å². The van der Waals surface area contributed by atoms with Gasteiger partial charge in [0, 0.05) is 40.2 Å². The van der Waals surface area contributed by atoms with Gasteiger partial charge in [-0.25, -0.2) is 10.9 Å². The predicted molar refractivity (Wildman–Crippen MR) is 336 cm³/mol. The summed E-state index contributed by atoms with van der Waals surface area (Å²) in [5.41, 5.74) is 3.55. The lowest BCUT2D eigenvalue weighted by atomic mass is 9.72. The zero-order valence-electron chi connectivity index (χ0n) is 55.2. The lowest BCUT2D eigenvalue weighted by Crippen LogP contribution is -2.63. The smallest absolute Gasteiger partial charge is 0.328 e. The summed E-state index contributed by atoms with van der Waals surface area (Å²) in [5.74, 6) is -10.8. The minimum Gasteiger partial charge on any atom is -0.345 e. The van der Waals surface area contributed by atoms with E-state index in [9.17, 15) is 33.6 Å². The fraction of sp³-hybridized carbons (Fsp3) is 0.882. The van der Waals surface area contributed by atoms with Gasteiger partial charge in [-0.05, 0) is 112 Å². The molecule has 0 aromatic rings. The fourth-order valence-electron chi connectivity index (χ4n) is 15.2. The second kappa shape index (κ2) is 35.8. The van der Waals surface area contributed by atoms with Crippen LogP contribution >= 0.6 is 0 Å². The number of hydrogen-bond acceptors (Lipinski definition) is 10. The van der Waals surface area contributed by atoms with Gasteiger partial charge in [-0.2, -0.15) is 10.0 Å². The van der Waals surface area contributed by atoms with Gasteiger partial charge >= 0.3 is 23.6 Å². The number of carbonyl (C=O) groups is 8. The molecule has 4 heterocycles. The molecule has 4 aliphatic rings. The van der Waals surface area contributed by atoms with Crippen LogP contribution in [0.1, 0.15) is 314 Å². The Bertz CT molecular complexity index is 2060. The van der Waals surface area contributed by atoms with Crippen LogP contribution in [0, 0.1) is 35.5 Å². The minimum atomic E-state index is -1.12. The maximum absolute atomic E-state index is 15.1. The molecule has 16 heteroatoms. The number of hydrogen-bond donors (Lipinski definition) is 6. The molecule has 0 aromatic heterocycles. The van der Waals surface area contributed by atoms with Gasteiger partial charge in [0.15, 0.2) is 0 Å². The molecule has 6 N–H and O–H groups in total. The first-order chi connectivity index (χ1) is 39.7. The molecule has 4 aliphatic heterocycles. The van der Waals surface area contributed by atoms with E-state index in [-0.39, 0.29) is 46.6 Å². The van der Waals surface area contributed by atoms with E-state index in [1.54, 1.807) is 6.92 Å². The van der Waals surface area contributed by atoms with E-state index in [0.717, 1.165) is 56.4 Å². The van der Waals surface area contributed by atoms with Crippen LogP contribution in [0.4, 0.5) is 0 Å². The Labute approximate surface area is 509 Å². The lowest BCUT2D eigenvalue weighted by molar-refractivity contribution is -0.153. The van der Waals surface area contributed by atoms with Crippen molar-refractivity contribution in [1.29, 1.82) is 0 Å². The van der Waals surface area contributed by atoms with Crippen LogP contribution in [0.25, 0.3) is 0 Å². The van der Waals surface area contributed by atoms with Crippen molar-refractivity contribution in [2.45, 2.75) is 348 Å². The third kappa shape index (κ3) is 25.1. The highest BCUT2D eigenvalue weighted by molar-refractivity contribution is 6.36. The molecule has 4 fully saturated rings. The Balaban J connectivity index is 1.51. The van der Waals surface area contributed by atoms with Crippen LogP contribution in [0.5, 0.6) is 0 Å². The SMILES string of the molecule is CCCCCCCCCCCCCCCCC(C)CC1C(=O)N(NC(=O)C(=O)NC2CC(C)(C)NC(C)(C)C2)C(=O)C1C(CCCCCCCCCCCCCCCC)CC1C(=O)N(NC(=O)C(=O)NC2CC(C)(C)NC(C)(C)C2)C(=O)C1C. The molecule has 8 amide bonds. The van der Waals surface area contributed by atoms with Crippen molar-refractivity contribution in [3.8, 4) is 0 Å². The van der Waals surface area contributed by atoms with Gasteiger partial charge in [0.2, 0.25) is 0 Å². The maximum atomic E-state index is 15.1. The van der Waals surface area contributed by atoms with Crippen molar-refractivity contribution >= 4 is 47.3 Å². The van der Waals surface area contributed by atoms with Gasteiger partial charge in [-0.1, -0.05) is 214 Å². The maximum Gasteiger partial charge on any atom is 0.328 e. The van der Waals surface area contributed by atoms with Gasteiger partial charge in [-0.15, -0.1) is 0 Å². The standard InChI is InChI=1S/C68H122N8O8/c1-13-15-17-19-21-23-25-27-29-31-33-35-37-39-41-49(3)43-55-56(64(84)76(63(55)83)72-60(80)58(78)70-53-47-67(9,10)74-68(11,12)48-53)51(42-40-38-36-34-32-30-28-26-24-22-20-18-16-14-2)44-54-50(4)61(81)75(62(54)82)71-59(79)57(77)69-52-45-65(5,6)73-66(7,8)46-52/h49-56,73-74H,13-48H2,1-12H3,(H,69,77)(H,70,78)(H,71,79)(H,72,80). The molecule has 482 valence electrons. The zero-order valence-corrected chi connectivity index (χ0v) is 55.2. The molecule has 0 radical (unpaired) electrons. The molecule has 0 saturated carbocycles. The molecule has 0 aliphatic carbocycles. The average molecular weight is 1180 g/mol. The molecule has 0 spiro atoms. The van der Waals surface area contributed by atoms with Crippen molar-refractivity contribution in [2.75, 3.05) is 0 Å². The van der Waals surface area contributed by atoms with Crippen molar-refractivity contribution in [3.05, 3.63) is 0 Å². The Morgan fingerprint density at radius 1 is 0.429 bits per heavy atom. The van der Waals surface area contributed by atoms with E-state index in [1.165, 1.54) is 128 Å². The first-order valence-electron chi connectivity index (χ1n) is 34.3. The third-order valence-corrected chi connectivity index (χ3v) is 18.8. The normalized spacial score (nSPS) is 23.0. The highest BCUT2D eigenvalue weighted by atomic mass is 16.2. The number of imide groups is 2. The molecule has 4 rings (SSSR count). The molecule has 0 bridgehead atoms. The van der Waals surface area contributed by atoms with Crippen molar-refractivity contribution in [2.24, 2.45) is 35.5 Å². The molecular formula is C68H122N8O8. The first-order valence-corrected chi connectivity index (χ1v) is 34.3. The number of carbonyl (C=O) groups excluding carboxylic acids is 8. The Hall–Kier alpha value is -3.92. The van der Waals surface area contributed by atoms with Gasteiger partial charge in [0.05, 0.1) is 17.8 Å². The van der Waals surface area contributed by atoms with E-state index in [2.05, 4.69) is 52.9 Å². The first kappa shape index (κ1) is 72.6. The predicted octanol–water partition coefficient (Wildman–Crippen LogP) is 12.9. The molecule has 16 nitrogen and oxygen atoms in total. The molecule has 6 unspecified atom stereocenters. The number of amides is 8. The zero-order chi connectivity index (χ0) is 62.1. The summed E-state index contributed by atoms with van der Waals surface area (Å²) in [7, 11) is 0. The average Bonchev–Trinajstić information content (AvgIpc) is 2.57. The summed E-state index contributed by atoms with van der Waals surface area (Å²) in [6, 6.07) is -0.650. The number of unbranched alkanes of at least 4 members (excludes halogenated alkanes) is 26. The second-order valence-electron chi connectivity index (χ2n) is 29.5. The highest BCUT2D eigenvalue weighted by Crippen LogP contribution is 2.44. The Morgan fingerprint density at radius 2 is 0.738 bits per heavy atom. The molecular weight excluding hydrogens is 1060 g/mol. The summed E-state index contributed by atoms with van der Waals surface area (Å²) < 4.78 is 0. The fourth-order valence-corrected chi connectivity index (χ4v) is 15.2. The highest BCUT2D eigenvalue weighted by Gasteiger charge is 2.55. The molecule has 6 atom stereocenters. The number of rotatable bonds is 39. The largest absolute Gasteiger partial charge is 0.345 e. The van der Waals surface area contributed by atoms with Gasteiger partial charge in [0.25, 0.3) is 23.6 Å². The lowest BCUT2D eigenvalue weighted by Gasteiger charge is -2.46. The van der Waals surface area contributed by atoms with Gasteiger partial charge < -0.3 is 21.3 Å². The second-order valence-corrected chi connectivity index (χ2v) is 29.5. The molecule has 84 heavy (non-hydrogen) atoms. The summed E-state index contributed by atoms with van der Waals surface area (Å²) in [4.78, 5) is 113. The van der Waals surface area contributed by atoms with Gasteiger partial charge in [-0.3, -0.25) is 38.4 Å². The van der Waals surface area contributed by atoms with Crippen LogP contribution in [-0.4, -0.2) is 91.5 Å². The molecule has 4 saturated heterocycles. The number of hydrazine groups is 2. The van der Waals surface area contributed by atoms with E-state index >= 15 is 4.79 Å². The van der Waals surface area contributed by atoms with E-state index in [1.807, 2.05) is 55.4 Å². The number of nitrogens with zero attached hydrogens (tertiary/aromatic N) is 2. The Morgan fingerprint density at radius 3 is 1.10 bits per heavy atom. The van der Waals surface area contributed by atoms with E-state index < -0.39 is 76.8 Å². The van der Waals surface area contributed by atoms with Crippen molar-refractivity contribution in [1.82, 2.24) is 42.1 Å². The van der Waals surface area contributed by atoms with Crippen LogP contribution in [0.15, 0.2) is 0 Å². The number of nitrogens with one attached hydrogen (secondary N) is 6. The third-order valence-electron chi connectivity index (χ3n) is 18.8.